The topological polar surface area (TPSA) is 70.1 Å². The number of amides is 2. The number of hydrogen-bond donors (Lipinski definition) is 1. The van der Waals surface area contributed by atoms with Gasteiger partial charge in [-0.05, 0) is 18.4 Å². The van der Waals surface area contributed by atoms with E-state index in [0.29, 0.717) is 13.1 Å². The Kier molecular flexibility index (Phi) is 5.19. The zero-order chi connectivity index (χ0) is 15.4. The van der Waals surface area contributed by atoms with Crippen LogP contribution in [0.15, 0.2) is 17.5 Å². The molecule has 2 heterocycles. The van der Waals surface area contributed by atoms with Gasteiger partial charge in [0.05, 0.1) is 25.8 Å². The second-order valence-corrected chi connectivity index (χ2v) is 6.07. The number of urea groups is 1. The number of carbonyl (C=O) groups excluding carboxylic acids is 1. The number of thiophene rings is 1. The highest BCUT2D eigenvalue weighted by atomic mass is 32.1. The molecule has 2 atom stereocenters. The summed E-state index contributed by atoms with van der Waals surface area (Å²) < 4.78 is 5.23. The Hall–Kier alpha value is -1.60. The molecule has 0 aromatic carbocycles. The summed E-state index contributed by atoms with van der Waals surface area (Å²) in [7, 11) is 1.65. The van der Waals surface area contributed by atoms with Crippen LogP contribution in [0, 0.1) is 5.92 Å². The van der Waals surface area contributed by atoms with E-state index < -0.39 is 17.9 Å². The molecule has 0 saturated carbocycles. The largest absolute Gasteiger partial charge is 0.481 e. The van der Waals surface area contributed by atoms with Crippen molar-refractivity contribution in [3.8, 4) is 0 Å². The van der Waals surface area contributed by atoms with Crippen LogP contribution in [0.2, 0.25) is 0 Å². The molecule has 2 amide bonds. The lowest BCUT2D eigenvalue weighted by Crippen LogP contribution is -2.49. The SMILES string of the molecule is CCN(Cc1cccs1)C(=O)N(C)C1COCC1C(=O)O. The Morgan fingerprint density at radius 1 is 1.48 bits per heavy atom. The van der Waals surface area contributed by atoms with Crippen LogP contribution in [0.3, 0.4) is 0 Å². The molecule has 6 nitrogen and oxygen atoms in total. The highest BCUT2D eigenvalue weighted by Crippen LogP contribution is 2.21. The van der Waals surface area contributed by atoms with Gasteiger partial charge in [0.25, 0.3) is 0 Å². The van der Waals surface area contributed by atoms with Gasteiger partial charge < -0.3 is 19.6 Å². The standard InChI is InChI=1S/C14H20N2O4S/c1-3-16(7-10-5-4-6-21-10)14(19)15(2)12-9-20-8-11(12)13(17)18/h4-6,11-12H,3,7-9H2,1-2H3,(H,17,18). The minimum Gasteiger partial charge on any atom is -0.481 e. The summed E-state index contributed by atoms with van der Waals surface area (Å²) in [5.74, 6) is -1.57. The molecule has 21 heavy (non-hydrogen) atoms. The zero-order valence-electron chi connectivity index (χ0n) is 12.2. The number of ether oxygens (including phenoxy) is 1. The van der Waals surface area contributed by atoms with Crippen LogP contribution in [-0.4, -0.2) is 59.8 Å². The molecule has 1 aliphatic rings. The summed E-state index contributed by atoms with van der Waals surface area (Å²) in [4.78, 5) is 28.1. The lowest BCUT2D eigenvalue weighted by molar-refractivity contribution is -0.142. The van der Waals surface area contributed by atoms with Gasteiger partial charge in [0.1, 0.15) is 5.92 Å². The van der Waals surface area contributed by atoms with Crippen LogP contribution >= 0.6 is 11.3 Å². The quantitative estimate of drug-likeness (QED) is 0.899. The van der Waals surface area contributed by atoms with Crippen molar-refractivity contribution < 1.29 is 19.4 Å². The van der Waals surface area contributed by atoms with Gasteiger partial charge in [-0.25, -0.2) is 4.79 Å². The molecule has 0 spiro atoms. The molecule has 1 fully saturated rings. The third-order valence-electron chi connectivity index (χ3n) is 3.75. The molecule has 0 aliphatic carbocycles. The van der Waals surface area contributed by atoms with Crippen molar-refractivity contribution >= 4 is 23.3 Å². The summed E-state index contributed by atoms with van der Waals surface area (Å²) in [6.07, 6.45) is 0. The van der Waals surface area contributed by atoms with Crippen molar-refractivity contribution in [1.82, 2.24) is 9.80 Å². The highest BCUT2D eigenvalue weighted by molar-refractivity contribution is 7.09. The minimum absolute atomic E-state index is 0.160. The molecule has 7 heteroatoms. The van der Waals surface area contributed by atoms with E-state index in [1.807, 2.05) is 24.4 Å². The van der Waals surface area contributed by atoms with Crippen molar-refractivity contribution in [2.75, 3.05) is 26.8 Å². The number of likely N-dealkylation sites (N-methyl/N-ethyl adjacent to an activating group) is 1. The van der Waals surface area contributed by atoms with Crippen molar-refractivity contribution in [2.24, 2.45) is 5.92 Å². The maximum absolute atomic E-state index is 12.6. The lowest BCUT2D eigenvalue weighted by atomic mass is 10.0. The number of rotatable bonds is 5. The first-order valence-corrected chi connectivity index (χ1v) is 7.77. The molecular formula is C14H20N2O4S. The van der Waals surface area contributed by atoms with Crippen molar-refractivity contribution in [3.63, 3.8) is 0 Å². The molecular weight excluding hydrogens is 292 g/mol. The summed E-state index contributed by atoms with van der Waals surface area (Å²) in [5, 5.41) is 11.2. The number of nitrogens with zero attached hydrogens (tertiary/aromatic N) is 2. The fourth-order valence-corrected chi connectivity index (χ4v) is 3.15. The summed E-state index contributed by atoms with van der Waals surface area (Å²) in [6.45, 7) is 3.47. The van der Waals surface area contributed by atoms with Gasteiger partial charge in [-0.3, -0.25) is 4.79 Å². The molecule has 116 valence electrons. The molecule has 0 bridgehead atoms. The number of aliphatic carboxylic acids is 1. The van der Waals surface area contributed by atoms with Gasteiger partial charge in [0.2, 0.25) is 0 Å². The number of hydrogen-bond acceptors (Lipinski definition) is 4. The Morgan fingerprint density at radius 2 is 2.24 bits per heavy atom. The van der Waals surface area contributed by atoms with Gasteiger partial charge >= 0.3 is 12.0 Å². The molecule has 0 radical (unpaired) electrons. The van der Waals surface area contributed by atoms with Gasteiger partial charge in [0, 0.05) is 18.5 Å². The number of carboxylic acids is 1. The first-order valence-electron chi connectivity index (χ1n) is 6.89. The average molecular weight is 312 g/mol. The molecule has 1 N–H and O–H groups in total. The van der Waals surface area contributed by atoms with Crippen molar-refractivity contribution in [2.45, 2.75) is 19.5 Å². The lowest BCUT2D eigenvalue weighted by Gasteiger charge is -2.32. The van der Waals surface area contributed by atoms with Crippen LogP contribution in [0.5, 0.6) is 0 Å². The van der Waals surface area contributed by atoms with E-state index in [2.05, 4.69) is 0 Å². The van der Waals surface area contributed by atoms with Gasteiger partial charge in [0.15, 0.2) is 0 Å². The molecule has 2 unspecified atom stereocenters. The predicted molar refractivity (Wildman–Crippen MR) is 79.3 cm³/mol. The van der Waals surface area contributed by atoms with E-state index >= 15 is 0 Å². The molecule has 2 rings (SSSR count). The van der Waals surface area contributed by atoms with Crippen LogP contribution in [0.25, 0.3) is 0 Å². The van der Waals surface area contributed by atoms with E-state index in [-0.39, 0.29) is 19.2 Å². The first-order chi connectivity index (χ1) is 10.0. The monoisotopic (exact) mass is 312 g/mol. The van der Waals surface area contributed by atoms with Crippen LogP contribution in [-0.2, 0) is 16.1 Å². The summed E-state index contributed by atoms with van der Waals surface area (Å²) in [5.41, 5.74) is 0. The fraction of sp³-hybridized carbons (Fsp3) is 0.571. The third-order valence-corrected chi connectivity index (χ3v) is 4.61. The van der Waals surface area contributed by atoms with Crippen LogP contribution < -0.4 is 0 Å². The van der Waals surface area contributed by atoms with Crippen molar-refractivity contribution in [1.29, 1.82) is 0 Å². The maximum atomic E-state index is 12.6. The molecule has 1 saturated heterocycles. The van der Waals surface area contributed by atoms with Gasteiger partial charge in [-0.15, -0.1) is 11.3 Å². The first kappa shape index (κ1) is 15.8. The zero-order valence-corrected chi connectivity index (χ0v) is 13.0. The second-order valence-electron chi connectivity index (χ2n) is 5.04. The molecule has 1 aromatic rings. The fourth-order valence-electron chi connectivity index (χ4n) is 2.43. The van der Waals surface area contributed by atoms with E-state index in [4.69, 9.17) is 4.74 Å². The Bertz CT molecular complexity index is 491. The molecule has 1 aromatic heterocycles. The average Bonchev–Trinajstić information content (AvgIpc) is 3.13. The highest BCUT2D eigenvalue weighted by Gasteiger charge is 2.39. The predicted octanol–water partition coefficient (Wildman–Crippen LogP) is 1.72. The van der Waals surface area contributed by atoms with E-state index in [1.54, 1.807) is 23.3 Å². The summed E-state index contributed by atoms with van der Waals surface area (Å²) >= 11 is 1.60. The maximum Gasteiger partial charge on any atom is 0.320 e. The van der Waals surface area contributed by atoms with E-state index in [0.717, 1.165) is 4.88 Å². The Morgan fingerprint density at radius 3 is 2.81 bits per heavy atom. The summed E-state index contributed by atoms with van der Waals surface area (Å²) in [6, 6.07) is 3.37. The third kappa shape index (κ3) is 3.54. The second kappa shape index (κ2) is 6.91. The van der Waals surface area contributed by atoms with E-state index in [9.17, 15) is 14.7 Å². The minimum atomic E-state index is -0.918. The number of carbonyl (C=O) groups is 2. The molecule has 1 aliphatic heterocycles. The Balaban J connectivity index is 2.04. The van der Waals surface area contributed by atoms with Gasteiger partial charge in [-0.1, -0.05) is 6.07 Å². The van der Waals surface area contributed by atoms with Crippen LogP contribution in [0.4, 0.5) is 4.79 Å². The Labute approximate surface area is 127 Å². The van der Waals surface area contributed by atoms with E-state index in [1.165, 1.54) is 4.90 Å². The van der Waals surface area contributed by atoms with Crippen molar-refractivity contribution in [3.05, 3.63) is 22.4 Å². The smallest absolute Gasteiger partial charge is 0.320 e. The van der Waals surface area contributed by atoms with Crippen LogP contribution in [0.1, 0.15) is 11.8 Å². The van der Waals surface area contributed by atoms with Gasteiger partial charge in [-0.2, -0.15) is 0 Å². The normalized spacial score (nSPS) is 21.2. The number of carboxylic acid groups (broad SMARTS) is 1.